The molecule has 0 radical (unpaired) electrons. The van der Waals surface area contributed by atoms with Crippen LogP contribution in [0.1, 0.15) is 72.6 Å². The van der Waals surface area contributed by atoms with Gasteiger partial charge < -0.3 is 5.98 Å². The molecular weight excluding hydrogens is 231 g/mol. The van der Waals surface area contributed by atoms with Crippen LogP contribution in [0.4, 0.5) is 0 Å². The van der Waals surface area contributed by atoms with Crippen LogP contribution in [-0.4, -0.2) is 14.5 Å². The van der Waals surface area contributed by atoms with Gasteiger partial charge in [0.2, 0.25) is 0 Å². The van der Waals surface area contributed by atoms with Crippen LogP contribution in [0.2, 0.25) is 0 Å². The molecule has 0 heterocycles. The summed E-state index contributed by atoms with van der Waals surface area (Å²) in [5, 5.41) is 0. The van der Waals surface area contributed by atoms with Gasteiger partial charge in [-0.3, -0.25) is 4.21 Å². The Morgan fingerprint density at radius 2 is 1.25 bits per heavy atom. The maximum absolute atomic E-state index is 10.2. The molecule has 0 N–H and O–H groups in total. The molecule has 0 aliphatic heterocycles. The molecule has 0 saturated heterocycles. The van der Waals surface area contributed by atoms with Crippen molar-refractivity contribution in [2.45, 2.75) is 71.1 Å². The minimum Gasteiger partial charge on any atom is -1.00 e. The van der Waals surface area contributed by atoms with Crippen LogP contribution in [0, 0.1) is 0 Å². The first-order chi connectivity index (χ1) is 7.27. The third-order valence-electron chi connectivity index (χ3n) is 2.66. The molecule has 0 aromatic heterocycles. The van der Waals surface area contributed by atoms with E-state index in [0.29, 0.717) is 5.75 Å². The zero-order valence-electron chi connectivity index (χ0n) is 12.0. The van der Waals surface area contributed by atoms with Crippen LogP contribution in [-0.2, 0) is 11.1 Å². The van der Waals surface area contributed by atoms with Crippen molar-refractivity contribution in [3.63, 3.8) is 0 Å². The topological polar surface area (TPSA) is 40.1 Å². The van der Waals surface area contributed by atoms with E-state index >= 15 is 0 Å². The normalized spacial score (nSPS) is 12.1. The van der Waals surface area contributed by atoms with E-state index in [4.69, 9.17) is 0 Å². The molecule has 1 unspecified atom stereocenters. The predicted octanol–water partition coefficient (Wildman–Crippen LogP) is 0.903. The average Bonchev–Trinajstić information content (AvgIpc) is 2.20. The van der Waals surface area contributed by atoms with Crippen molar-refractivity contribution >= 4 is 11.1 Å². The van der Waals surface area contributed by atoms with Crippen LogP contribution < -0.4 is 29.6 Å². The number of unbranched alkanes of at least 4 members (excludes halogenated alkanes) is 9. The Morgan fingerprint density at radius 3 is 1.62 bits per heavy atom. The second-order valence-corrected chi connectivity index (χ2v) is 5.21. The number of rotatable bonds is 11. The molecule has 4 heteroatoms. The first-order valence-corrected chi connectivity index (χ1v) is 7.57. The number of hydrogen-bond donors (Lipinski definition) is 0. The fraction of sp³-hybridized carbons (Fsp3) is 1.00. The summed E-state index contributed by atoms with van der Waals surface area (Å²) in [6.45, 7) is 2.24. The fourth-order valence-electron chi connectivity index (χ4n) is 1.71. The van der Waals surface area contributed by atoms with Crippen molar-refractivity contribution < 1.29 is 39.7 Å². The Labute approximate surface area is 127 Å². The van der Waals surface area contributed by atoms with Gasteiger partial charge in [0.1, 0.15) is 0 Å². The zero-order valence-corrected chi connectivity index (χ0v) is 13.8. The molecule has 0 aliphatic rings. The summed E-state index contributed by atoms with van der Waals surface area (Å²) in [4.78, 5) is 0. The van der Waals surface area contributed by atoms with Crippen LogP contribution in [0.5, 0.6) is 0 Å². The van der Waals surface area contributed by atoms with E-state index in [2.05, 4.69) is 6.92 Å². The molecule has 0 aromatic rings. The van der Waals surface area contributed by atoms with E-state index < -0.39 is 11.1 Å². The summed E-state index contributed by atoms with van der Waals surface area (Å²) in [6, 6.07) is 0. The SMILES string of the molecule is CCCCCCCCCCCCS(=O)[O-].[H-].[Na+]. The summed E-state index contributed by atoms with van der Waals surface area (Å²) in [6.07, 6.45) is 12.5. The Kier molecular flexibility index (Phi) is 19.6. The summed E-state index contributed by atoms with van der Waals surface area (Å²) < 4.78 is 20.5. The smallest absolute Gasteiger partial charge is 1.00 e. The molecular formula is C12H26NaO2S-. The van der Waals surface area contributed by atoms with Crippen LogP contribution in [0.3, 0.4) is 0 Å². The van der Waals surface area contributed by atoms with Crippen molar-refractivity contribution in [3.05, 3.63) is 0 Å². The summed E-state index contributed by atoms with van der Waals surface area (Å²) >= 11 is -1.83. The van der Waals surface area contributed by atoms with Gasteiger partial charge in [-0.05, 0) is 6.42 Å². The third kappa shape index (κ3) is 17.5. The van der Waals surface area contributed by atoms with Crippen LogP contribution in [0.25, 0.3) is 0 Å². The molecule has 1 atom stereocenters. The Morgan fingerprint density at radius 1 is 0.875 bits per heavy atom. The van der Waals surface area contributed by atoms with Gasteiger partial charge in [0.25, 0.3) is 0 Å². The molecule has 94 valence electrons. The monoisotopic (exact) mass is 257 g/mol. The van der Waals surface area contributed by atoms with Gasteiger partial charge in [-0.25, -0.2) is 0 Å². The van der Waals surface area contributed by atoms with Gasteiger partial charge in [0, 0.05) is 5.75 Å². The molecule has 0 aliphatic carbocycles. The van der Waals surface area contributed by atoms with Crippen molar-refractivity contribution in [3.8, 4) is 0 Å². The van der Waals surface area contributed by atoms with Crippen molar-refractivity contribution in [2.24, 2.45) is 0 Å². The molecule has 0 amide bonds. The summed E-state index contributed by atoms with van der Waals surface area (Å²) in [7, 11) is 0. The standard InChI is InChI=1S/C12H26O2S.Na.H/c1-2-3-4-5-6-7-8-9-10-11-12-15(13)14;;/h2-12H2,1H3,(H,13,14);;/q;+1;-1/p-1. The first kappa shape index (κ1) is 19.4. The number of hydrogen-bond acceptors (Lipinski definition) is 2. The minimum atomic E-state index is -1.83. The van der Waals surface area contributed by atoms with E-state index in [1.807, 2.05) is 0 Å². The zero-order chi connectivity index (χ0) is 11.4. The quantitative estimate of drug-likeness (QED) is 0.313. The molecule has 0 saturated carbocycles. The van der Waals surface area contributed by atoms with Crippen molar-refractivity contribution in [1.82, 2.24) is 0 Å². The van der Waals surface area contributed by atoms with Gasteiger partial charge in [-0.1, -0.05) is 75.8 Å². The largest absolute Gasteiger partial charge is 1.00 e. The Balaban J connectivity index is -0.000000980. The molecule has 0 bridgehead atoms. The van der Waals surface area contributed by atoms with E-state index in [1.165, 1.54) is 51.4 Å². The second-order valence-electron chi connectivity index (χ2n) is 4.19. The summed E-state index contributed by atoms with van der Waals surface area (Å²) in [5.74, 6) is 0.344. The van der Waals surface area contributed by atoms with Gasteiger partial charge >= 0.3 is 29.6 Å². The Hall–Kier alpha value is 1.11. The maximum atomic E-state index is 10.2. The maximum Gasteiger partial charge on any atom is 1.00 e. The van der Waals surface area contributed by atoms with Gasteiger partial charge in [-0.2, -0.15) is 0 Å². The predicted molar refractivity (Wildman–Crippen MR) is 66.7 cm³/mol. The van der Waals surface area contributed by atoms with Gasteiger partial charge in [0.15, 0.2) is 0 Å². The van der Waals surface area contributed by atoms with Gasteiger partial charge in [0.05, 0.1) is 0 Å². The summed E-state index contributed by atoms with van der Waals surface area (Å²) in [5.41, 5.74) is 0. The van der Waals surface area contributed by atoms with Crippen molar-refractivity contribution in [2.75, 3.05) is 5.75 Å². The van der Waals surface area contributed by atoms with E-state index in [0.717, 1.165) is 12.8 Å². The average molecular weight is 257 g/mol. The first-order valence-electron chi connectivity index (χ1n) is 6.33. The minimum absolute atomic E-state index is 0. The molecule has 0 rings (SSSR count). The van der Waals surface area contributed by atoms with Crippen LogP contribution >= 0.6 is 0 Å². The fourth-order valence-corrected chi connectivity index (χ4v) is 2.15. The van der Waals surface area contributed by atoms with Crippen molar-refractivity contribution in [1.29, 1.82) is 0 Å². The third-order valence-corrected chi connectivity index (χ3v) is 3.29. The Bertz CT molecular complexity index is 159. The molecule has 2 nitrogen and oxygen atoms in total. The molecule has 0 aromatic carbocycles. The molecule has 0 spiro atoms. The second kappa shape index (κ2) is 16.1. The van der Waals surface area contributed by atoms with Crippen LogP contribution in [0.15, 0.2) is 0 Å². The molecule has 16 heavy (non-hydrogen) atoms. The van der Waals surface area contributed by atoms with E-state index in [1.54, 1.807) is 0 Å². The molecule has 0 fully saturated rings. The van der Waals surface area contributed by atoms with E-state index in [-0.39, 0.29) is 31.0 Å². The van der Waals surface area contributed by atoms with Gasteiger partial charge in [-0.15, -0.1) is 0 Å². The van der Waals surface area contributed by atoms with E-state index in [9.17, 15) is 8.76 Å².